The lowest BCUT2D eigenvalue weighted by Crippen LogP contribution is -2.50. The molecule has 0 fully saturated rings. The van der Waals surface area contributed by atoms with Gasteiger partial charge in [-0.15, -0.1) is 0 Å². The molecule has 0 aliphatic carbocycles. The molecule has 0 rings (SSSR count). The van der Waals surface area contributed by atoms with E-state index < -0.39 is 72.9 Å². The Morgan fingerprint density at radius 1 is 0.289 bits per heavy atom. The Labute approximate surface area is 449 Å². The van der Waals surface area contributed by atoms with E-state index in [-0.39, 0.29) is 12.8 Å². The van der Waals surface area contributed by atoms with Crippen molar-refractivity contribution in [1.82, 2.24) is 0 Å². The summed E-state index contributed by atoms with van der Waals surface area (Å²) < 4.78 is 242. The second-order valence-corrected chi connectivity index (χ2v) is 26.8. The van der Waals surface area contributed by atoms with Crippen LogP contribution in [0.15, 0.2) is 0 Å². The predicted octanol–water partition coefficient (Wildman–Crippen LogP) is 15.0. The fourth-order valence-corrected chi connectivity index (χ4v) is 12.0. The minimum absolute atomic E-state index is 0.149. The lowest BCUT2D eigenvalue weighted by molar-refractivity contribution is -0.929. The molecule has 76 heavy (non-hydrogen) atoms. The molecule has 12 nitrogen and oxygen atoms in total. The molecule has 0 aromatic carbocycles. The van der Waals surface area contributed by atoms with E-state index in [0.29, 0.717) is 13.0 Å². The summed E-state index contributed by atoms with van der Waals surface area (Å²) in [4.78, 5) is 0. The largest absolute Gasteiger partial charge is 0.741 e. The molecular formula is C48H94F12N2O10S4. The van der Waals surface area contributed by atoms with Crippen molar-refractivity contribution in [2.75, 3.05) is 52.4 Å². The highest BCUT2D eigenvalue weighted by Gasteiger charge is 2.62. The fraction of sp³-hybridized carbons (Fsp3) is 1.00. The van der Waals surface area contributed by atoms with Gasteiger partial charge < -0.3 is 18.1 Å². The molecule has 0 aliphatic heterocycles. The van der Waals surface area contributed by atoms with E-state index in [2.05, 4.69) is 48.5 Å². The summed E-state index contributed by atoms with van der Waals surface area (Å²) in [5.41, 5.74) is -23.5. The van der Waals surface area contributed by atoms with Crippen LogP contribution in [0, 0.1) is 0 Å². The number of halogens is 12. The summed E-state index contributed by atoms with van der Waals surface area (Å²) in [5.74, 6) is 0. The zero-order chi connectivity index (χ0) is 60.0. The van der Waals surface area contributed by atoms with Gasteiger partial charge in [-0.3, -0.25) is 0 Å². The van der Waals surface area contributed by atoms with Crippen LogP contribution in [0.1, 0.15) is 228 Å². The summed E-state index contributed by atoms with van der Waals surface area (Å²) in [6.07, 6.45) is 28.9. The Kier molecular flexibility index (Phi) is 43.7. The van der Waals surface area contributed by atoms with Gasteiger partial charge in [-0.1, -0.05) is 119 Å². The molecular weight excluding hydrogens is 1120 g/mol. The molecule has 0 atom stereocenters. The van der Waals surface area contributed by atoms with E-state index in [1.165, 1.54) is 108 Å². The van der Waals surface area contributed by atoms with Crippen molar-refractivity contribution < 1.29 is 104 Å². The molecule has 0 aromatic heterocycles. The molecule has 0 aromatic rings. The van der Waals surface area contributed by atoms with Gasteiger partial charge in [0.25, 0.3) is 19.7 Å². The third-order valence-electron chi connectivity index (χ3n) is 12.9. The summed E-state index contributed by atoms with van der Waals surface area (Å²) in [6, 6.07) is 0. The number of rotatable bonds is 39. The summed E-state index contributed by atoms with van der Waals surface area (Å²) in [7, 11) is -25.3. The second-order valence-electron chi connectivity index (χ2n) is 19.5. The summed E-state index contributed by atoms with van der Waals surface area (Å²) in [6.45, 7) is 25.1. The highest BCUT2D eigenvalue weighted by molar-refractivity contribution is 8.09. The average Bonchev–Trinajstić information content (AvgIpc) is 3.28. The Balaban J connectivity index is -0.000000575. The number of hydrogen-bond acceptors (Lipinski definition) is 10. The molecule has 0 saturated carbocycles. The van der Waals surface area contributed by atoms with Gasteiger partial charge >= 0.3 is 22.0 Å². The average molecular weight is 1220 g/mol. The maximum absolute atomic E-state index is 13.0. The molecule has 0 unspecified atom stereocenters. The van der Waals surface area contributed by atoms with Gasteiger partial charge in [0.05, 0.1) is 52.4 Å². The van der Waals surface area contributed by atoms with E-state index in [1.807, 2.05) is 0 Å². The number of alkyl halides is 12. The topological polar surface area (TPSA) is 183 Å². The zero-order valence-corrected chi connectivity index (χ0v) is 49.4. The van der Waals surface area contributed by atoms with E-state index in [4.69, 9.17) is 25.9 Å². The molecule has 0 radical (unpaired) electrons. The maximum atomic E-state index is 13.0. The lowest BCUT2D eigenvalue weighted by Gasteiger charge is -2.39. The highest BCUT2D eigenvalue weighted by atomic mass is 32.3. The smallest absolute Gasteiger partial charge is 0.498 e. The number of quaternary nitrogens is 2. The third-order valence-corrected chi connectivity index (χ3v) is 18.7. The minimum Gasteiger partial charge on any atom is -0.741 e. The van der Waals surface area contributed by atoms with Gasteiger partial charge in [0, 0.05) is 0 Å². The maximum Gasteiger partial charge on any atom is 0.498 e. The minimum atomic E-state index is -6.56. The van der Waals surface area contributed by atoms with Crippen LogP contribution >= 0.6 is 0 Å². The van der Waals surface area contributed by atoms with Crippen LogP contribution in [0.25, 0.3) is 0 Å². The second kappa shape index (κ2) is 40.9. The van der Waals surface area contributed by atoms with Crippen molar-refractivity contribution in [3.8, 4) is 0 Å². The Hall–Kier alpha value is -1.20. The number of unbranched alkanes of at least 4 members (excludes halogenated alkanes) is 19. The number of sulfone groups is 2. The molecule has 0 spiro atoms. The number of hydrogen-bond donors (Lipinski definition) is 0. The molecule has 28 heteroatoms. The van der Waals surface area contributed by atoms with Crippen LogP contribution in [-0.2, 0) is 39.9 Å². The SMILES string of the molecule is CCCCCC[N+](CCCCCC)(CCCCCC)CCCCCC(S(=O)(=O)C(F)(F)F)S(=O)(=O)C(F)(F)F.CCCCC[N+](CCCCC)(CCCCC)CCCCC.O=S(=O)([O-])C(F)(F)F.O=S(=O)([O-])C(F)(F)F. The molecule has 0 N–H and O–H groups in total. The molecule has 0 saturated heterocycles. The van der Waals surface area contributed by atoms with Gasteiger partial charge in [-0.05, 0) is 109 Å². The van der Waals surface area contributed by atoms with Crippen molar-refractivity contribution in [2.24, 2.45) is 0 Å². The van der Waals surface area contributed by atoms with Crippen molar-refractivity contribution in [2.45, 2.75) is 255 Å². The van der Waals surface area contributed by atoms with E-state index in [0.717, 1.165) is 101 Å². The van der Waals surface area contributed by atoms with Crippen LogP contribution in [0.3, 0.4) is 0 Å². The van der Waals surface area contributed by atoms with Crippen molar-refractivity contribution in [1.29, 1.82) is 0 Å². The van der Waals surface area contributed by atoms with E-state index in [9.17, 15) is 69.5 Å². The van der Waals surface area contributed by atoms with Crippen LogP contribution in [-0.4, -0.2) is 131 Å². The first-order valence-electron chi connectivity index (χ1n) is 27.1. The normalized spacial score (nSPS) is 13.4. The zero-order valence-electron chi connectivity index (χ0n) is 46.2. The summed E-state index contributed by atoms with van der Waals surface area (Å²) >= 11 is 0. The molecule has 0 heterocycles. The van der Waals surface area contributed by atoms with Crippen molar-refractivity contribution >= 4 is 39.9 Å². The van der Waals surface area contributed by atoms with Gasteiger partial charge in [-0.2, -0.15) is 52.7 Å². The Morgan fingerprint density at radius 3 is 0.605 bits per heavy atom. The lowest BCUT2D eigenvalue weighted by atomic mass is 10.1. The molecule has 0 aliphatic rings. The van der Waals surface area contributed by atoms with Gasteiger partial charge in [0.1, 0.15) is 0 Å². The highest BCUT2D eigenvalue weighted by Crippen LogP contribution is 2.38. The summed E-state index contributed by atoms with van der Waals surface area (Å²) in [5, 5.41) is 0. The third kappa shape index (κ3) is 36.9. The molecule has 0 amide bonds. The van der Waals surface area contributed by atoms with Crippen molar-refractivity contribution in [3.05, 3.63) is 0 Å². The Morgan fingerprint density at radius 2 is 0.447 bits per heavy atom. The molecule has 0 bridgehead atoms. The van der Waals surface area contributed by atoms with Crippen LogP contribution in [0.2, 0.25) is 0 Å². The first kappa shape index (κ1) is 81.3. The quantitative estimate of drug-likeness (QED) is 0.0189. The van der Waals surface area contributed by atoms with Crippen LogP contribution < -0.4 is 0 Å². The van der Waals surface area contributed by atoms with Gasteiger partial charge in [0.15, 0.2) is 24.8 Å². The van der Waals surface area contributed by atoms with Crippen molar-refractivity contribution in [3.63, 3.8) is 0 Å². The number of nitrogens with zero attached hydrogens (tertiary/aromatic N) is 2. The first-order chi connectivity index (χ1) is 34.8. The van der Waals surface area contributed by atoms with E-state index in [1.54, 1.807) is 0 Å². The van der Waals surface area contributed by atoms with Crippen LogP contribution in [0.5, 0.6) is 0 Å². The van der Waals surface area contributed by atoms with Crippen LogP contribution in [0.4, 0.5) is 52.7 Å². The monoisotopic (exact) mass is 1210 g/mol. The Bertz CT molecular complexity index is 1720. The predicted molar refractivity (Wildman–Crippen MR) is 274 cm³/mol. The molecule has 464 valence electrons. The fourth-order valence-electron chi connectivity index (χ4n) is 8.46. The first-order valence-corrected chi connectivity index (χ1v) is 33.0. The standard InChI is InChI=1S/C26H50F6NO4S2.C20H44N.2CHF3O3S/c1-4-7-10-15-20-33(21-16-11-8-5-2,22-17-12-9-6-3)23-18-13-14-19-24(38(34,35)25(27,28)29)39(36,37)26(30,31)32;1-5-9-13-17-21(18-14-10-6-2,19-15-11-7-3)20-16-12-8-4;2*2-1(3,4)8(5,6)7/h24H,4-23H2,1-3H3;5-20H2,1-4H3;2*(H,5,6,7)/q2*+1;;/p-2. The van der Waals surface area contributed by atoms with Gasteiger partial charge in [0.2, 0.25) is 0 Å². The van der Waals surface area contributed by atoms with E-state index >= 15 is 0 Å². The van der Waals surface area contributed by atoms with Gasteiger partial charge in [-0.25, -0.2) is 33.7 Å².